The van der Waals surface area contributed by atoms with E-state index in [-0.39, 0.29) is 0 Å². The molecule has 5 heteroatoms. The topological polar surface area (TPSA) is 36.4 Å². The smallest absolute Gasteiger partial charge is 0.236 e. The molecule has 3 heterocycles. The maximum absolute atomic E-state index is 12.5. The Labute approximate surface area is 172 Å². The van der Waals surface area contributed by atoms with Crippen molar-refractivity contribution < 1.29 is 4.79 Å². The minimum atomic E-state index is 0.292. The summed E-state index contributed by atoms with van der Waals surface area (Å²) in [6.07, 6.45) is 5.19. The molecule has 0 radical (unpaired) electrons. The van der Waals surface area contributed by atoms with Gasteiger partial charge in [0.1, 0.15) is 0 Å². The fraction of sp³-hybridized carbons (Fsp3) is 0.478. The van der Waals surface area contributed by atoms with Crippen LogP contribution in [0.3, 0.4) is 0 Å². The summed E-state index contributed by atoms with van der Waals surface area (Å²) in [5, 5.41) is 0.791. The minimum absolute atomic E-state index is 0.292. The molecule has 0 spiro atoms. The Hall–Kier alpha value is -1.91. The molecule has 2 saturated heterocycles. The molecule has 1 aromatic heterocycles. The van der Waals surface area contributed by atoms with Crippen LogP contribution in [0.5, 0.6) is 0 Å². The summed E-state index contributed by atoms with van der Waals surface area (Å²) in [6, 6.07) is 14.2. The molecule has 2 aromatic rings. The molecule has 1 aromatic carbocycles. The van der Waals surface area contributed by atoms with Gasteiger partial charge in [0.05, 0.1) is 6.54 Å². The van der Waals surface area contributed by atoms with E-state index in [2.05, 4.69) is 29.2 Å². The summed E-state index contributed by atoms with van der Waals surface area (Å²) in [4.78, 5) is 21.8. The van der Waals surface area contributed by atoms with Crippen molar-refractivity contribution in [1.82, 2.24) is 14.8 Å². The molecule has 0 N–H and O–H groups in total. The number of likely N-dealkylation sites (tertiary alicyclic amines) is 2. The number of piperidine rings is 1. The van der Waals surface area contributed by atoms with Crippen molar-refractivity contribution in [2.75, 3.05) is 32.7 Å². The lowest BCUT2D eigenvalue weighted by atomic mass is 9.92. The van der Waals surface area contributed by atoms with Crippen LogP contribution < -0.4 is 0 Å². The van der Waals surface area contributed by atoms with Crippen LogP contribution in [-0.2, 0) is 11.2 Å². The third kappa shape index (κ3) is 4.73. The highest BCUT2D eigenvalue weighted by Crippen LogP contribution is 2.28. The Morgan fingerprint density at radius 1 is 1.00 bits per heavy atom. The third-order valence-electron chi connectivity index (χ3n) is 5.98. The summed E-state index contributed by atoms with van der Waals surface area (Å²) < 4.78 is 0. The first kappa shape index (κ1) is 19.4. The van der Waals surface area contributed by atoms with Crippen molar-refractivity contribution in [3.05, 3.63) is 64.4 Å². The van der Waals surface area contributed by atoms with Gasteiger partial charge >= 0.3 is 0 Å². The first-order valence-corrected chi connectivity index (χ1v) is 10.8. The number of aromatic nitrogens is 1. The molecular weight excluding hydrogens is 370 g/mol. The van der Waals surface area contributed by atoms with Crippen molar-refractivity contribution in [3.63, 3.8) is 0 Å². The average molecular weight is 398 g/mol. The standard InChI is InChI=1S/C23H28ClN3O/c24-21-8-2-1-6-19(21)16-20-7-5-9-22(25-20)18-10-14-27(15-11-18)23(28)17-26-12-3-4-13-26/h1-2,5-9,18H,3-4,10-17H2. The maximum Gasteiger partial charge on any atom is 0.236 e. The van der Waals surface area contributed by atoms with Gasteiger partial charge in [-0.2, -0.15) is 0 Å². The summed E-state index contributed by atoms with van der Waals surface area (Å²) in [5.74, 6) is 0.725. The molecular formula is C23H28ClN3O. The van der Waals surface area contributed by atoms with Crippen molar-refractivity contribution in [1.29, 1.82) is 0 Å². The maximum atomic E-state index is 12.5. The minimum Gasteiger partial charge on any atom is -0.342 e. The number of pyridine rings is 1. The lowest BCUT2D eigenvalue weighted by molar-refractivity contribution is -0.133. The van der Waals surface area contributed by atoms with Crippen LogP contribution in [0.2, 0.25) is 5.02 Å². The zero-order valence-electron chi connectivity index (χ0n) is 16.3. The van der Waals surface area contributed by atoms with Crippen LogP contribution >= 0.6 is 11.6 Å². The van der Waals surface area contributed by atoms with Crippen LogP contribution in [0, 0.1) is 0 Å². The summed E-state index contributed by atoms with van der Waals surface area (Å²) in [6.45, 7) is 4.42. The monoisotopic (exact) mass is 397 g/mol. The number of halogens is 1. The van der Waals surface area contributed by atoms with Gasteiger partial charge in [-0.3, -0.25) is 14.7 Å². The zero-order chi connectivity index (χ0) is 19.3. The SMILES string of the molecule is O=C(CN1CCCC1)N1CCC(c2cccc(Cc3ccccc3Cl)n2)CC1. The van der Waals surface area contributed by atoms with Gasteiger partial charge in [0.25, 0.3) is 0 Å². The molecule has 0 bridgehead atoms. The lowest BCUT2D eigenvalue weighted by Crippen LogP contribution is -2.43. The summed E-state index contributed by atoms with van der Waals surface area (Å²) in [5.41, 5.74) is 3.31. The molecule has 2 fully saturated rings. The molecule has 0 saturated carbocycles. The average Bonchev–Trinajstić information content (AvgIpc) is 3.23. The number of carbonyl (C=O) groups is 1. The van der Waals surface area contributed by atoms with E-state index in [1.165, 1.54) is 12.8 Å². The Morgan fingerprint density at radius 3 is 2.50 bits per heavy atom. The van der Waals surface area contributed by atoms with Crippen LogP contribution in [0.1, 0.15) is 48.6 Å². The molecule has 4 rings (SSSR count). The van der Waals surface area contributed by atoms with Crippen molar-refractivity contribution in [2.24, 2.45) is 0 Å². The molecule has 4 nitrogen and oxygen atoms in total. The van der Waals surface area contributed by atoms with E-state index in [9.17, 15) is 4.79 Å². The highest BCUT2D eigenvalue weighted by molar-refractivity contribution is 6.31. The largest absolute Gasteiger partial charge is 0.342 e. The molecule has 1 amide bonds. The predicted octanol–water partition coefficient (Wildman–Crippen LogP) is 4.13. The Kier molecular flexibility index (Phi) is 6.28. The van der Waals surface area contributed by atoms with Crippen LogP contribution in [0.4, 0.5) is 0 Å². The number of benzene rings is 1. The van der Waals surface area contributed by atoms with E-state index >= 15 is 0 Å². The number of rotatable bonds is 5. The third-order valence-corrected chi connectivity index (χ3v) is 6.35. The number of carbonyl (C=O) groups excluding carboxylic acids is 1. The Balaban J connectivity index is 1.34. The van der Waals surface area contributed by atoms with E-state index in [1.54, 1.807) is 0 Å². The second-order valence-corrected chi connectivity index (χ2v) is 8.37. The van der Waals surface area contributed by atoms with Gasteiger partial charge < -0.3 is 4.90 Å². The first-order chi connectivity index (χ1) is 13.7. The highest BCUT2D eigenvalue weighted by atomic mass is 35.5. The number of nitrogens with zero attached hydrogens (tertiary/aromatic N) is 3. The van der Waals surface area contributed by atoms with E-state index < -0.39 is 0 Å². The molecule has 2 aliphatic rings. The molecule has 148 valence electrons. The predicted molar refractivity (Wildman–Crippen MR) is 113 cm³/mol. The van der Waals surface area contributed by atoms with Crippen LogP contribution in [0.25, 0.3) is 0 Å². The summed E-state index contributed by atoms with van der Waals surface area (Å²) >= 11 is 6.30. The van der Waals surface area contributed by atoms with E-state index in [1.807, 2.05) is 23.1 Å². The zero-order valence-corrected chi connectivity index (χ0v) is 17.1. The number of amides is 1. The van der Waals surface area contributed by atoms with Gasteiger partial charge in [-0.15, -0.1) is 0 Å². The first-order valence-electron chi connectivity index (χ1n) is 10.4. The van der Waals surface area contributed by atoms with Gasteiger partial charge in [-0.25, -0.2) is 0 Å². The van der Waals surface area contributed by atoms with E-state index in [0.717, 1.165) is 67.4 Å². The molecule has 28 heavy (non-hydrogen) atoms. The van der Waals surface area contributed by atoms with Gasteiger partial charge in [0, 0.05) is 41.8 Å². The van der Waals surface area contributed by atoms with Crippen molar-refractivity contribution in [2.45, 2.75) is 38.0 Å². The number of hydrogen-bond acceptors (Lipinski definition) is 3. The van der Waals surface area contributed by atoms with Crippen molar-refractivity contribution in [3.8, 4) is 0 Å². The summed E-state index contributed by atoms with van der Waals surface area (Å²) in [7, 11) is 0. The second kappa shape index (κ2) is 9.06. The van der Waals surface area contributed by atoms with Gasteiger partial charge in [-0.05, 0) is 62.5 Å². The molecule has 0 atom stereocenters. The van der Waals surface area contributed by atoms with E-state index in [4.69, 9.17) is 16.6 Å². The Morgan fingerprint density at radius 2 is 1.75 bits per heavy atom. The van der Waals surface area contributed by atoms with Crippen molar-refractivity contribution >= 4 is 17.5 Å². The normalized spacial score (nSPS) is 18.5. The molecule has 2 aliphatic heterocycles. The van der Waals surface area contributed by atoms with Crippen LogP contribution in [-0.4, -0.2) is 53.4 Å². The highest BCUT2D eigenvalue weighted by Gasteiger charge is 2.26. The lowest BCUT2D eigenvalue weighted by Gasteiger charge is -2.33. The fourth-order valence-corrected chi connectivity index (χ4v) is 4.52. The van der Waals surface area contributed by atoms with Gasteiger partial charge in [0.2, 0.25) is 5.91 Å². The number of hydrogen-bond donors (Lipinski definition) is 0. The molecule has 0 aliphatic carbocycles. The fourth-order valence-electron chi connectivity index (χ4n) is 4.32. The van der Waals surface area contributed by atoms with Gasteiger partial charge in [-0.1, -0.05) is 35.9 Å². The van der Waals surface area contributed by atoms with Crippen LogP contribution in [0.15, 0.2) is 42.5 Å². The Bertz CT molecular complexity index is 811. The molecule has 0 unspecified atom stereocenters. The quantitative estimate of drug-likeness (QED) is 0.761. The van der Waals surface area contributed by atoms with Gasteiger partial charge in [0.15, 0.2) is 0 Å². The second-order valence-electron chi connectivity index (χ2n) is 7.96. The van der Waals surface area contributed by atoms with E-state index in [0.29, 0.717) is 18.4 Å².